The van der Waals surface area contributed by atoms with Gasteiger partial charge in [0.15, 0.2) is 11.6 Å². The van der Waals surface area contributed by atoms with E-state index < -0.39 is 17.3 Å². The van der Waals surface area contributed by atoms with Crippen molar-refractivity contribution >= 4 is 11.5 Å². The van der Waals surface area contributed by atoms with Crippen LogP contribution >= 0.6 is 0 Å². The molecular weight excluding hydrogens is 494 g/mol. The van der Waals surface area contributed by atoms with Gasteiger partial charge in [-0.25, -0.2) is 18.6 Å². The molecule has 2 saturated heterocycles. The lowest BCUT2D eigenvalue weighted by molar-refractivity contribution is -0.000411. The van der Waals surface area contributed by atoms with Crippen molar-refractivity contribution in [1.82, 2.24) is 19.3 Å². The number of benzene rings is 2. The second-order valence-corrected chi connectivity index (χ2v) is 9.76. The average Bonchev–Trinajstić information content (AvgIpc) is 3.27. The lowest BCUT2D eigenvalue weighted by atomic mass is 9.73. The number of ether oxygens (including phenoxy) is 2. The first-order valence-electron chi connectivity index (χ1n) is 12.4. The molecule has 2 N–H and O–H groups in total. The maximum absolute atomic E-state index is 14.0. The van der Waals surface area contributed by atoms with Crippen molar-refractivity contribution in [1.29, 1.82) is 0 Å². The first kappa shape index (κ1) is 24.1. The van der Waals surface area contributed by atoms with E-state index in [-0.39, 0.29) is 17.5 Å². The average molecular weight is 521 g/mol. The summed E-state index contributed by atoms with van der Waals surface area (Å²) in [4.78, 5) is 19.5. The van der Waals surface area contributed by atoms with E-state index in [0.717, 1.165) is 60.5 Å². The number of pyridine rings is 1. The minimum atomic E-state index is -0.720. The Bertz CT molecular complexity index is 1500. The smallest absolute Gasteiger partial charge is 0.350 e. The van der Waals surface area contributed by atoms with Crippen LogP contribution in [0.1, 0.15) is 18.4 Å². The molecule has 196 valence electrons. The molecular formula is C27H26F2N6O3. The van der Waals surface area contributed by atoms with E-state index in [1.807, 2.05) is 0 Å². The third kappa shape index (κ3) is 4.38. The van der Waals surface area contributed by atoms with Crippen molar-refractivity contribution in [3.05, 3.63) is 88.7 Å². The third-order valence-corrected chi connectivity index (χ3v) is 7.27. The fourth-order valence-corrected chi connectivity index (χ4v) is 5.08. The summed E-state index contributed by atoms with van der Waals surface area (Å²) in [6.45, 7) is 3.13. The topological polar surface area (TPSA) is 100 Å². The van der Waals surface area contributed by atoms with E-state index in [1.54, 1.807) is 36.5 Å². The van der Waals surface area contributed by atoms with E-state index >= 15 is 0 Å². The van der Waals surface area contributed by atoms with Crippen LogP contribution in [-0.4, -0.2) is 45.6 Å². The number of nitrogens with zero attached hydrogens (tertiary/aromatic N) is 5. The number of hydrogen-bond acceptors (Lipinski definition) is 7. The zero-order chi connectivity index (χ0) is 26.3. The van der Waals surface area contributed by atoms with E-state index in [1.165, 1.54) is 12.4 Å². The monoisotopic (exact) mass is 520 g/mol. The predicted molar refractivity (Wildman–Crippen MR) is 137 cm³/mol. The lowest BCUT2D eigenvalue weighted by Gasteiger charge is -2.52. The van der Waals surface area contributed by atoms with E-state index in [4.69, 9.17) is 15.2 Å². The van der Waals surface area contributed by atoms with Gasteiger partial charge in [-0.15, -0.1) is 0 Å². The summed E-state index contributed by atoms with van der Waals surface area (Å²) >= 11 is 0. The molecule has 6 rings (SSSR count). The van der Waals surface area contributed by atoms with Crippen molar-refractivity contribution in [2.45, 2.75) is 19.4 Å². The van der Waals surface area contributed by atoms with Crippen LogP contribution in [0.4, 0.5) is 20.3 Å². The summed E-state index contributed by atoms with van der Waals surface area (Å²) in [5, 5.41) is 4.09. The first-order chi connectivity index (χ1) is 18.4. The van der Waals surface area contributed by atoms with Crippen molar-refractivity contribution in [3.63, 3.8) is 0 Å². The predicted octanol–water partition coefficient (Wildman–Crippen LogP) is 3.75. The van der Waals surface area contributed by atoms with Gasteiger partial charge in [-0.1, -0.05) is 6.07 Å². The van der Waals surface area contributed by atoms with Gasteiger partial charge in [-0.3, -0.25) is 4.57 Å². The fourth-order valence-electron chi connectivity index (χ4n) is 5.08. The maximum Gasteiger partial charge on any atom is 0.350 e. The fraction of sp³-hybridized carbons (Fsp3) is 0.296. The number of halogens is 2. The number of nitrogen functional groups attached to an aromatic ring is 1. The van der Waals surface area contributed by atoms with Gasteiger partial charge < -0.3 is 20.1 Å². The summed E-state index contributed by atoms with van der Waals surface area (Å²) in [6, 6.07) is 12.0. The van der Waals surface area contributed by atoms with Gasteiger partial charge in [0.05, 0.1) is 12.2 Å². The van der Waals surface area contributed by atoms with E-state index in [0.29, 0.717) is 28.7 Å². The van der Waals surface area contributed by atoms with Crippen LogP contribution in [0.2, 0.25) is 0 Å². The molecule has 2 fully saturated rings. The van der Waals surface area contributed by atoms with Gasteiger partial charge in [0, 0.05) is 49.5 Å². The molecule has 0 radical (unpaired) electrons. The highest BCUT2D eigenvalue weighted by molar-refractivity contribution is 5.71. The van der Waals surface area contributed by atoms with Gasteiger partial charge in [-0.05, 0) is 49.2 Å². The zero-order valence-electron chi connectivity index (χ0n) is 20.5. The molecule has 1 spiro atoms. The number of nitrogens with two attached hydrogens (primary N) is 1. The summed E-state index contributed by atoms with van der Waals surface area (Å²) in [6.07, 6.45) is 5.02. The Morgan fingerprint density at radius 1 is 1.03 bits per heavy atom. The highest BCUT2D eigenvalue weighted by atomic mass is 19.1. The van der Waals surface area contributed by atoms with Crippen LogP contribution in [-0.2, 0) is 11.3 Å². The van der Waals surface area contributed by atoms with Crippen molar-refractivity contribution < 1.29 is 18.3 Å². The second kappa shape index (κ2) is 9.56. The molecule has 11 heteroatoms. The van der Waals surface area contributed by atoms with Crippen LogP contribution in [0.5, 0.6) is 11.5 Å². The highest BCUT2D eigenvalue weighted by Gasteiger charge is 2.45. The highest BCUT2D eigenvalue weighted by Crippen LogP contribution is 2.44. The third-order valence-electron chi connectivity index (χ3n) is 7.27. The summed E-state index contributed by atoms with van der Waals surface area (Å²) in [7, 11) is 0. The largest absolute Gasteiger partial charge is 0.455 e. The van der Waals surface area contributed by atoms with E-state index in [9.17, 15) is 13.6 Å². The van der Waals surface area contributed by atoms with Gasteiger partial charge in [0.25, 0.3) is 0 Å². The maximum atomic E-state index is 14.0. The molecule has 2 aliphatic rings. The van der Waals surface area contributed by atoms with Crippen molar-refractivity contribution in [2.75, 3.05) is 36.9 Å². The molecule has 38 heavy (non-hydrogen) atoms. The Hall–Kier alpha value is -4.25. The normalized spacial score (nSPS) is 16.4. The Morgan fingerprint density at radius 2 is 1.74 bits per heavy atom. The standard InChI is InChI=1S/C27H26F2N6O3/c28-21-2-1-3-22(29)20(21)14-33-17-32-35(26(33)36)18-4-6-19(7-5-18)38-23-8-11-31-25(24(23)30)34-15-27(16-34)9-12-37-13-10-27/h1-8,11,17H,9-10,12-16,30H2. The SMILES string of the molecule is Nc1c(Oc2ccc(-n3ncn(Cc4c(F)cccc4F)c3=O)cc2)ccnc1N1CC2(CCOCC2)C1. The number of anilines is 2. The molecule has 2 aliphatic heterocycles. The molecule has 2 aromatic carbocycles. The zero-order valence-corrected chi connectivity index (χ0v) is 20.5. The molecule has 0 unspecified atom stereocenters. The summed E-state index contributed by atoms with van der Waals surface area (Å²) < 4.78 is 41.8. The van der Waals surface area contributed by atoms with Crippen molar-refractivity contribution in [3.8, 4) is 17.2 Å². The summed E-state index contributed by atoms with van der Waals surface area (Å²) in [5.41, 5.74) is 6.92. The Balaban J connectivity index is 1.16. The Labute approximate surface area is 217 Å². The van der Waals surface area contributed by atoms with Gasteiger partial charge in [-0.2, -0.15) is 9.78 Å². The minimum Gasteiger partial charge on any atom is -0.455 e. The molecule has 0 aliphatic carbocycles. The quantitative estimate of drug-likeness (QED) is 0.413. The summed E-state index contributed by atoms with van der Waals surface area (Å²) in [5.74, 6) is 0.274. The molecule has 9 nitrogen and oxygen atoms in total. The molecule has 2 aromatic heterocycles. The lowest BCUT2D eigenvalue weighted by Crippen LogP contribution is -2.59. The van der Waals surface area contributed by atoms with Crippen molar-refractivity contribution in [2.24, 2.45) is 5.41 Å². The number of aromatic nitrogens is 4. The molecule has 0 atom stereocenters. The van der Waals surface area contributed by atoms with Gasteiger partial charge >= 0.3 is 5.69 Å². The molecule has 4 aromatic rings. The van der Waals surface area contributed by atoms with E-state index in [2.05, 4.69) is 15.0 Å². The van der Waals surface area contributed by atoms with Gasteiger partial charge in [0.1, 0.15) is 29.4 Å². The van der Waals surface area contributed by atoms with Gasteiger partial charge in [0.2, 0.25) is 0 Å². The van der Waals surface area contributed by atoms with Crippen LogP contribution < -0.4 is 21.1 Å². The van der Waals surface area contributed by atoms with Crippen LogP contribution in [0, 0.1) is 17.0 Å². The minimum absolute atomic E-state index is 0.201. The molecule has 0 saturated carbocycles. The number of hydrogen-bond donors (Lipinski definition) is 1. The van der Waals surface area contributed by atoms with Crippen LogP contribution in [0.15, 0.2) is 65.8 Å². The Kier molecular flexibility index (Phi) is 6.07. The molecule has 4 heterocycles. The first-order valence-corrected chi connectivity index (χ1v) is 12.4. The molecule has 0 amide bonds. The van der Waals surface area contributed by atoms with Crippen LogP contribution in [0.3, 0.4) is 0 Å². The number of rotatable bonds is 6. The van der Waals surface area contributed by atoms with Crippen LogP contribution in [0.25, 0.3) is 5.69 Å². The Morgan fingerprint density at radius 3 is 2.45 bits per heavy atom. The molecule has 0 bridgehead atoms. The second-order valence-electron chi connectivity index (χ2n) is 9.76.